The van der Waals surface area contributed by atoms with Crippen LogP contribution in [-0.4, -0.2) is 23.9 Å². The van der Waals surface area contributed by atoms with E-state index < -0.39 is 0 Å². The van der Waals surface area contributed by atoms with Gasteiger partial charge in [0, 0.05) is 18.0 Å². The largest absolute Gasteiger partial charge is 0.293 e. The van der Waals surface area contributed by atoms with Crippen molar-refractivity contribution in [3.05, 3.63) is 80.5 Å². The van der Waals surface area contributed by atoms with Gasteiger partial charge in [0.15, 0.2) is 5.65 Å². The molecule has 0 radical (unpaired) electrons. The van der Waals surface area contributed by atoms with E-state index in [2.05, 4.69) is 21.9 Å². The van der Waals surface area contributed by atoms with E-state index in [-0.39, 0.29) is 17.7 Å². The fraction of sp³-hybridized carbons (Fsp3) is 0.286. The summed E-state index contributed by atoms with van der Waals surface area (Å²) in [5, 5.41) is 0.521. The number of fused-ring (bicyclic) bond motifs is 3. The number of hydrogen-bond acceptors (Lipinski definition) is 5. The van der Waals surface area contributed by atoms with Crippen LogP contribution in [0.2, 0.25) is 0 Å². The van der Waals surface area contributed by atoms with Gasteiger partial charge in [-0.15, -0.1) is 0 Å². The number of nitrogens with zero attached hydrogens (tertiary/aromatic N) is 5. The van der Waals surface area contributed by atoms with E-state index in [0.29, 0.717) is 28.3 Å². The van der Waals surface area contributed by atoms with Gasteiger partial charge in [0.05, 0.1) is 17.6 Å². The maximum absolute atomic E-state index is 13.0. The molecule has 0 N–H and O–H groups in total. The summed E-state index contributed by atoms with van der Waals surface area (Å²) in [6, 6.07) is 8.77. The molecule has 0 saturated heterocycles. The predicted octanol–water partition coefficient (Wildman–Crippen LogP) is 1.97. The highest BCUT2D eigenvalue weighted by Gasteiger charge is 2.19. The third-order valence-electron chi connectivity index (χ3n) is 5.38. The highest BCUT2D eigenvalue weighted by molar-refractivity contribution is 5.74. The maximum Gasteiger partial charge on any atom is 0.263 e. The molecule has 0 fully saturated rings. The lowest BCUT2D eigenvalue weighted by Crippen LogP contribution is -2.24. The Morgan fingerprint density at radius 3 is 2.96 bits per heavy atom. The topological polar surface area (TPSA) is 82.2 Å². The van der Waals surface area contributed by atoms with Crippen LogP contribution in [0.5, 0.6) is 0 Å². The molecule has 4 heterocycles. The average Bonchev–Trinajstić information content (AvgIpc) is 2.69. The zero-order chi connectivity index (χ0) is 19.3. The van der Waals surface area contributed by atoms with Crippen LogP contribution in [0.1, 0.15) is 30.3 Å². The van der Waals surface area contributed by atoms with Gasteiger partial charge in [0.2, 0.25) is 0 Å². The van der Waals surface area contributed by atoms with Crippen molar-refractivity contribution < 1.29 is 0 Å². The second-order valence-corrected chi connectivity index (χ2v) is 7.51. The molecule has 1 aliphatic carbocycles. The quantitative estimate of drug-likeness (QED) is 0.537. The molecule has 0 amide bonds. The molecule has 1 unspecified atom stereocenters. The number of pyridine rings is 2. The lowest BCUT2D eigenvalue weighted by atomic mass is 9.87. The van der Waals surface area contributed by atoms with E-state index in [1.807, 2.05) is 12.1 Å². The third-order valence-corrected chi connectivity index (χ3v) is 5.38. The van der Waals surface area contributed by atoms with Crippen molar-refractivity contribution in [2.24, 2.45) is 5.92 Å². The van der Waals surface area contributed by atoms with Crippen LogP contribution < -0.4 is 11.1 Å². The molecule has 1 atom stereocenters. The lowest BCUT2D eigenvalue weighted by molar-refractivity contribution is 0.495. The van der Waals surface area contributed by atoms with Crippen molar-refractivity contribution >= 4 is 16.7 Å². The molecule has 1 aliphatic rings. The van der Waals surface area contributed by atoms with Crippen molar-refractivity contribution in [2.75, 3.05) is 0 Å². The van der Waals surface area contributed by atoms with Gasteiger partial charge in [-0.2, -0.15) is 0 Å². The van der Waals surface area contributed by atoms with Gasteiger partial charge in [-0.05, 0) is 48.9 Å². The summed E-state index contributed by atoms with van der Waals surface area (Å²) in [5.41, 5.74) is 3.43. The highest BCUT2D eigenvalue weighted by Crippen LogP contribution is 2.25. The second kappa shape index (κ2) is 6.37. The summed E-state index contributed by atoms with van der Waals surface area (Å²) >= 11 is 0. The molecule has 0 saturated carbocycles. The molecule has 0 aromatic carbocycles. The SMILES string of the molecule is CC1CCc2nc3ncn(Cc4cc(=O)n5ccccc5n4)c(=O)c3cc2C1. The Bertz CT molecular complexity index is 1340. The standard InChI is InChI=1S/C21H19N5O2/c1-13-5-6-17-14(8-13)9-16-20(24-17)22-12-25(21(16)28)11-15-10-19(27)26-7-3-2-4-18(26)23-15/h2-4,7,9-10,12-13H,5-6,8,11H2,1H3. The van der Waals surface area contributed by atoms with Crippen LogP contribution in [-0.2, 0) is 19.4 Å². The zero-order valence-electron chi connectivity index (χ0n) is 15.5. The summed E-state index contributed by atoms with van der Waals surface area (Å²) in [7, 11) is 0. The molecule has 0 bridgehead atoms. The van der Waals surface area contributed by atoms with Crippen LogP contribution in [0.15, 0.2) is 52.4 Å². The molecular weight excluding hydrogens is 354 g/mol. The van der Waals surface area contributed by atoms with Crippen molar-refractivity contribution in [1.82, 2.24) is 23.9 Å². The van der Waals surface area contributed by atoms with E-state index in [1.54, 1.807) is 18.3 Å². The van der Waals surface area contributed by atoms with Crippen LogP contribution in [0, 0.1) is 5.92 Å². The van der Waals surface area contributed by atoms with Crippen LogP contribution in [0.4, 0.5) is 0 Å². The van der Waals surface area contributed by atoms with Gasteiger partial charge >= 0.3 is 0 Å². The van der Waals surface area contributed by atoms with Crippen molar-refractivity contribution in [2.45, 2.75) is 32.7 Å². The van der Waals surface area contributed by atoms with E-state index in [0.717, 1.165) is 30.5 Å². The fourth-order valence-corrected chi connectivity index (χ4v) is 3.89. The molecule has 0 spiro atoms. The molecular formula is C21H19N5O2. The molecule has 4 aromatic heterocycles. The van der Waals surface area contributed by atoms with E-state index >= 15 is 0 Å². The monoisotopic (exact) mass is 373 g/mol. The minimum atomic E-state index is -0.174. The Balaban J connectivity index is 1.59. The summed E-state index contributed by atoms with van der Waals surface area (Å²) in [4.78, 5) is 38.8. The molecule has 0 aliphatic heterocycles. The Hall–Kier alpha value is -3.35. The molecule has 7 nitrogen and oxygen atoms in total. The maximum atomic E-state index is 13.0. The normalized spacial score (nSPS) is 16.4. The molecule has 7 heteroatoms. The Labute approximate surface area is 160 Å². The molecule has 140 valence electrons. The Morgan fingerprint density at radius 1 is 1.18 bits per heavy atom. The first-order valence-corrected chi connectivity index (χ1v) is 9.44. The van der Waals surface area contributed by atoms with Crippen LogP contribution >= 0.6 is 0 Å². The third kappa shape index (κ3) is 2.79. The van der Waals surface area contributed by atoms with Gasteiger partial charge in [0.1, 0.15) is 12.0 Å². The Kier molecular flexibility index (Phi) is 3.82. The van der Waals surface area contributed by atoms with Gasteiger partial charge < -0.3 is 0 Å². The molecule has 4 aromatic rings. The van der Waals surface area contributed by atoms with Gasteiger partial charge in [-0.25, -0.2) is 15.0 Å². The van der Waals surface area contributed by atoms with Crippen molar-refractivity contribution in [1.29, 1.82) is 0 Å². The van der Waals surface area contributed by atoms with Crippen LogP contribution in [0.25, 0.3) is 16.7 Å². The number of hydrogen-bond donors (Lipinski definition) is 0. The van der Waals surface area contributed by atoms with E-state index in [9.17, 15) is 9.59 Å². The van der Waals surface area contributed by atoms with Gasteiger partial charge in [0.25, 0.3) is 11.1 Å². The molecule has 28 heavy (non-hydrogen) atoms. The first-order valence-electron chi connectivity index (χ1n) is 9.44. The number of aryl methyl sites for hydroxylation is 1. The number of rotatable bonds is 2. The lowest BCUT2D eigenvalue weighted by Gasteiger charge is -2.20. The highest BCUT2D eigenvalue weighted by atomic mass is 16.1. The smallest absolute Gasteiger partial charge is 0.263 e. The van der Waals surface area contributed by atoms with E-state index in [4.69, 9.17) is 0 Å². The van der Waals surface area contributed by atoms with Crippen molar-refractivity contribution in [3.8, 4) is 0 Å². The summed E-state index contributed by atoms with van der Waals surface area (Å²) < 4.78 is 2.96. The van der Waals surface area contributed by atoms with Gasteiger partial charge in [-0.1, -0.05) is 13.0 Å². The predicted molar refractivity (Wildman–Crippen MR) is 106 cm³/mol. The fourth-order valence-electron chi connectivity index (χ4n) is 3.89. The minimum absolute atomic E-state index is 0.159. The summed E-state index contributed by atoms with van der Waals surface area (Å²) in [6.45, 7) is 2.41. The van der Waals surface area contributed by atoms with E-state index in [1.165, 1.54) is 21.4 Å². The van der Waals surface area contributed by atoms with Crippen LogP contribution in [0.3, 0.4) is 0 Å². The second-order valence-electron chi connectivity index (χ2n) is 7.51. The Morgan fingerprint density at radius 2 is 2.07 bits per heavy atom. The summed E-state index contributed by atoms with van der Waals surface area (Å²) in [6.07, 6.45) is 6.15. The molecule has 5 rings (SSSR count). The average molecular weight is 373 g/mol. The zero-order valence-corrected chi connectivity index (χ0v) is 15.5. The number of aromatic nitrogens is 5. The first-order chi connectivity index (χ1) is 13.6. The first kappa shape index (κ1) is 16.8. The minimum Gasteiger partial charge on any atom is -0.293 e. The summed E-state index contributed by atoms with van der Waals surface area (Å²) in [5.74, 6) is 0.598. The van der Waals surface area contributed by atoms with Gasteiger partial charge in [-0.3, -0.25) is 18.6 Å². The van der Waals surface area contributed by atoms with Crippen molar-refractivity contribution in [3.63, 3.8) is 0 Å².